The average molecular weight is 427 g/mol. The normalized spacial score (nSPS) is 26.4. The van der Waals surface area contributed by atoms with Crippen LogP contribution >= 0.6 is 11.6 Å². The summed E-state index contributed by atoms with van der Waals surface area (Å²) in [6.45, 7) is 9.80. The molecule has 160 valence electrons. The number of piperazine rings is 1. The zero-order valence-corrected chi connectivity index (χ0v) is 18.4. The highest BCUT2D eigenvalue weighted by molar-refractivity contribution is 6.34. The van der Waals surface area contributed by atoms with Gasteiger partial charge in [0.05, 0.1) is 28.6 Å². The van der Waals surface area contributed by atoms with Crippen LogP contribution < -0.4 is 10.6 Å². The monoisotopic (exact) mass is 426 g/mol. The van der Waals surface area contributed by atoms with Crippen molar-refractivity contribution < 1.29 is 4.42 Å². The van der Waals surface area contributed by atoms with E-state index in [0.717, 1.165) is 71.8 Å². The van der Waals surface area contributed by atoms with Gasteiger partial charge >= 0.3 is 0 Å². The largest absolute Gasteiger partial charge is 0.459 e. The minimum atomic E-state index is -0.121. The number of rotatable bonds is 2. The van der Waals surface area contributed by atoms with Crippen LogP contribution in [0.2, 0.25) is 5.02 Å². The third-order valence-electron chi connectivity index (χ3n) is 7.71. The highest BCUT2D eigenvalue weighted by Crippen LogP contribution is 2.49. The Morgan fingerprint density at radius 3 is 2.87 bits per heavy atom. The van der Waals surface area contributed by atoms with Gasteiger partial charge in [-0.15, -0.1) is 0 Å². The number of anilines is 1. The molecule has 1 aliphatic carbocycles. The van der Waals surface area contributed by atoms with E-state index in [1.165, 1.54) is 50.8 Å². The molecule has 1 aromatic carbocycles. The zero-order valence-electron chi connectivity index (χ0n) is 17.6. The van der Waals surface area contributed by atoms with Crippen molar-refractivity contribution in [3.8, 4) is 0 Å². The number of fused-ring (bicyclic) bond motifs is 5. The van der Waals surface area contributed by atoms with Gasteiger partial charge in [-0.2, -0.15) is 0 Å². The van der Waals surface area contributed by atoms with Crippen molar-refractivity contribution in [3.05, 3.63) is 40.9 Å². The lowest BCUT2D eigenvalue weighted by molar-refractivity contribution is 0.0945. The van der Waals surface area contributed by atoms with Gasteiger partial charge in [0.15, 0.2) is 0 Å². The molecule has 4 aliphatic rings. The minimum absolute atomic E-state index is 0.121. The molecule has 1 atom stereocenters. The third-order valence-corrected chi connectivity index (χ3v) is 8.01. The maximum absolute atomic E-state index is 6.76. The molecule has 5 nitrogen and oxygen atoms in total. The maximum atomic E-state index is 6.76. The highest BCUT2D eigenvalue weighted by Gasteiger charge is 2.42. The van der Waals surface area contributed by atoms with Crippen molar-refractivity contribution in [2.24, 2.45) is 0 Å². The lowest BCUT2D eigenvalue weighted by Gasteiger charge is -2.44. The van der Waals surface area contributed by atoms with Crippen LogP contribution in [-0.2, 0) is 12.1 Å². The van der Waals surface area contributed by atoms with Gasteiger partial charge in [-0.3, -0.25) is 9.80 Å². The van der Waals surface area contributed by atoms with Gasteiger partial charge in [0.25, 0.3) is 0 Å². The van der Waals surface area contributed by atoms with Crippen molar-refractivity contribution in [1.29, 1.82) is 0 Å². The maximum Gasteiger partial charge on any atom is 0.142 e. The third kappa shape index (κ3) is 3.05. The molecule has 1 saturated carbocycles. The molecule has 4 heterocycles. The predicted octanol–water partition coefficient (Wildman–Crippen LogP) is 5.01. The van der Waals surface area contributed by atoms with Crippen LogP contribution in [0.3, 0.4) is 0 Å². The summed E-state index contributed by atoms with van der Waals surface area (Å²) < 4.78 is 6.57. The molecular formula is C24H31ClN4O. The number of nitrogens with one attached hydrogen (secondary N) is 2. The quantitative estimate of drug-likeness (QED) is 0.706. The SMILES string of the molecule is C=C1Nc2c(Cl)cc3cc(CN4CCN5CCC[C@H]5C4)oc3c2C2(CCCCC2)N1. The van der Waals surface area contributed by atoms with Crippen LogP contribution in [0.5, 0.6) is 0 Å². The summed E-state index contributed by atoms with van der Waals surface area (Å²) in [5.74, 6) is 1.89. The number of halogens is 1. The second-order valence-corrected chi connectivity index (χ2v) is 10.1. The second-order valence-electron chi connectivity index (χ2n) is 9.68. The second kappa shape index (κ2) is 7.18. The fraction of sp³-hybridized carbons (Fsp3) is 0.583. The molecule has 2 saturated heterocycles. The number of furan rings is 1. The van der Waals surface area contributed by atoms with Gasteiger partial charge in [0.2, 0.25) is 0 Å². The van der Waals surface area contributed by atoms with Crippen molar-refractivity contribution in [2.45, 2.75) is 63.1 Å². The van der Waals surface area contributed by atoms with Gasteiger partial charge in [-0.05, 0) is 44.4 Å². The zero-order chi connectivity index (χ0) is 20.3. The van der Waals surface area contributed by atoms with E-state index < -0.39 is 0 Å². The van der Waals surface area contributed by atoms with Crippen LogP contribution in [0.1, 0.15) is 56.3 Å². The van der Waals surface area contributed by atoms with E-state index in [4.69, 9.17) is 16.0 Å². The van der Waals surface area contributed by atoms with Gasteiger partial charge in [0, 0.05) is 36.6 Å². The van der Waals surface area contributed by atoms with Crippen LogP contribution in [0.25, 0.3) is 11.0 Å². The first-order valence-electron chi connectivity index (χ1n) is 11.6. The molecule has 0 unspecified atom stereocenters. The Balaban J connectivity index is 1.37. The molecule has 2 aromatic rings. The summed E-state index contributed by atoms with van der Waals surface area (Å²) in [5.41, 5.74) is 3.07. The predicted molar refractivity (Wildman–Crippen MR) is 122 cm³/mol. The Bertz CT molecular complexity index is 993. The van der Waals surface area contributed by atoms with E-state index in [2.05, 4.69) is 39.1 Å². The molecule has 6 heteroatoms. The summed E-state index contributed by atoms with van der Waals surface area (Å²) in [4.78, 5) is 5.22. The van der Waals surface area contributed by atoms with Gasteiger partial charge in [-0.1, -0.05) is 37.4 Å². The van der Waals surface area contributed by atoms with Crippen LogP contribution in [0.4, 0.5) is 5.69 Å². The first-order valence-corrected chi connectivity index (χ1v) is 11.9. The highest BCUT2D eigenvalue weighted by atomic mass is 35.5. The summed E-state index contributed by atoms with van der Waals surface area (Å²) in [6.07, 6.45) is 8.59. The van der Waals surface area contributed by atoms with E-state index in [9.17, 15) is 0 Å². The van der Waals surface area contributed by atoms with Crippen LogP contribution in [-0.4, -0.2) is 42.0 Å². The Morgan fingerprint density at radius 1 is 1.13 bits per heavy atom. The minimum Gasteiger partial charge on any atom is -0.459 e. The van der Waals surface area contributed by atoms with Crippen LogP contribution in [0, 0.1) is 0 Å². The van der Waals surface area contributed by atoms with E-state index in [0.29, 0.717) is 0 Å². The van der Waals surface area contributed by atoms with Crippen molar-refractivity contribution in [3.63, 3.8) is 0 Å². The topological polar surface area (TPSA) is 43.7 Å². The lowest BCUT2D eigenvalue weighted by Crippen LogP contribution is -2.49. The van der Waals surface area contributed by atoms with Gasteiger partial charge < -0.3 is 15.1 Å². The molecule has 0 bridgehead atoms. The fourth-order valence-electron chi connectivity index (χ4n) is 6.34. The molecule has 3 fully saturated rings. The van der Waals surface area contributed by atoms with Crippen LogP contribution in [0.15, 0.2) is 28.9 Å². The smallest absolute Gasteiger partial charge is 0.142 e. The lowest BCUT2D eigenvalue weighted by atomic mass is 9.74. The number of benzene rings is 1. The van der Waals surface area contributed by atoms with Crippen molar-refractivity contribution in [2.75, 3.05) is 31.5 Å². The molecule has 2 N–H and O–H groups in total. The molecule has 1 spiro atoms. The molecule has 0 radical (unpaired) electrons. The number of hydrogen-bond donors (Lipinski definition) is 2. The molecule has 3 aliphatic heterocycles. The van der Waals surface area contributed by atoms with E-state index >= 15 is 0 Å². The molecular weight excluding hydrogens is 396 g/mol. The standard InChI is InChI=1S/C24H31ClN4O/c1-16-26-22-20(25)13-17-12-19(15-28-10-11-29-9-5-6-18(29)14-28)30-23(17)21(22)24(27-16)7-3-2-4-8-24/h12-13,18,26-27H,1-11,14-15H2/t18-/m0/s1. The van der Waals surface area contributed by atoms with E-state index in [-0.39, 0.29) is 5.54 Å². The molecule has 0 amide bonds. The van der Waals surface area contributed by atoms with Crippen molar-refractivity contribution in [1.82, 2.24) is 15.1 Å². The summed E-state index contributed by atoms with van der Waals surface area (Å²) in [5, 5.41) is 8.96. The Morgan fingerprint density at radius 2 is 2.00 bits per heavy atom. The Labute approximate surface area is 183 Å². The Hall–Kier alpha value is -1.69. The van der Waals surface area contributed by atoms with Gasteiger partial charge in [-0.25, -0.2) is 0 Å². The molecule has 6 rings (SSSR count). The van der Waals surface area contributed by atoms with Gasteiger partial charge in [0.1, 0.15) is 11.3 Å². The first-order chi connectivity index (χ1) is 14.6. The Kier molecular flexibility index (Phi) is 4.55. The summed E-state index contributed by atoms with van der Waals surface area (Å²) in [7, 11) is 0. The number of hydrogen-bond acceptors (Lipinski definition) is 5. The van der Waals surface area contributed by atoms with Crippen molar-refractivity contribution >= 4 is 28.3 Å². The summed E-state index contributed by atoms with van der Waals surface area (Å²) >= 11 is 6.76. The fourth-order valence-corrected chi connectivity index (χ4v) is 6.60. The average Bonchev–Trinajstić information content (AvgIpc) is 3.34. The number of nitrogens with zero attached hydrogens (tertiary/aromatic N) is 2. The van der Waals surface area contributed by atoms with E-state index in [1.54, 1.807) is 0 Å². The molecule has 1 aromatic heterocycles. The first kappa shape index (κ1) is 19.0. The van der Waals surface area contributed by atoms with E-state index in [1.807, 2.05) is 0 Å². The summed E-state index contributed by atoms with van der Waals surface area (Å²) in [6, 6.07) is 5.00. The molecule has 30 heavy (non-hydrogen) atoms.